The number of rotatable bonds is 6. The number of hydrogen-bond donors (Lipinski definition) is 1. The van der Waals surface area contributed by atoms with Gasteiger partial charge in [-0.05, 0) is 31.0 Å². The Balaban J connectivity index is 1.51. The highest BCUT2D eigenvalue weighted by Gasteiger charge is 2.07. The summed E-state index contributed by atoms with van der Waals surface area (Å²) in [6.45, 7) is 1.45. The molecule has 3 aromatic rings. The smallest absolute Gasteiger partial charge is 0.269 e. The van der Waals surface area contributed by atoms with Crippen LogP contribution in [0.15, 0.2) is 43.0 Å². The van der Waals surface area contributed by atoms with E-state index in [-0.39, 0.29) is 5.91 Å². The van der Waals surface area contributed by atoms with Crippen LogP contribution in [0.1, 0.15) is 23.3 Å². The molecule has 1 N–H and O–H groups in total. The highest BCUT2D eigenvalue weighted by atomic mass is 35.5. The molecule has 0 aliphatic carbocycles. The first-order valence-electron chi connectivity index (χ1n) is 7.39. The second-order valence-electron chi connectivity index (χ2n) is 5.20. The molecule has 0 fully saturated rings. The van der Waals surface area contributed by atoms with Crippen molar-refractivity contribution in [1.29, 1.82) is 0 Å². The fraction of sp³-hybridized carbons (Fsp3) is 0.250. The highest BCUT2D eigenvalue weighted by molar-refractivity contribution is 6.31. The Bertz CT molecular complexity index is 803. The highest BCUT2D eigenvalue weighted by Crippen LogP contribution is 2.17. The number of nitrogens with one attached hydrogen (secondary N) is 1. The molecule has 0 bridgehead atoms. The second-order valence-corrected chi connectivity index (χ2v) is 5.63. The third kappa shape index (κ3) is 4.04. The molecule has 0 saturated heterocycles. The van der Waals surface area contributed by atoms with Gasteiger partial charge in [0, 0.05) is 23.5 Å². The SMILES string of the molecule is O=C(NCCCCn1cnnc1)c1ccc2ccc(Cl)cc2n1. The molecule has 0 radical (unpaired) electrons. The Morgan fingerprint density at radius 1 is 1.13 bits per heavy atom. The summed E-state index contributed by atoms with van der Waals surface area (Å²) >= 11 is 5.96. The number of benzene rings is 1. The lowest BCUT2D eigenvalue weighted by Crippen LogP contribution is -2.25. The quantitative estimate of drug-likeness (QED) is 0.706. The zero-order valence-electron chi connectivity index (χ0n) is 12.4. The van der Waals surface area contributed by atoms with Gasteiger partial charge in [-0.25, -0.2) is 4.98 Å². The van der Waals surface area contributed by atoms with Crippen LogP contribution in [0.5, 0.6) is 0 Å². The van der Waals surface area contributed by atoms with E-state index in [1.165, 1.54) is 0 Å². The number of carbonyl (C=O) groups is 1. The number of fused-ring (bicyclic) bond motifs is 1. The van der Waals surface area contributed by atoms with Crippen LogP contribution >= 0.6 is 11.6 Å². The molecule has 7 heteroatoms. The number of halogens is 1. The number of pyridine rings is 1. The number of aryl methyl sites for hydroxylation is 1. The van der Waals surface area contributed by atoms with Gasteiger partial charge in [0.05, 0.1) is 5.52 Å². The zero-order valence-corrected chi connectivity index (χ0v) is 13.2. The van der Waals surface area contributed by atoms with Crippen LogP contribution in [0, 0.1) is 0 Å². The zero-order chi connectivity index (χ0) is 16.1. The van der Waals surface area contributed by atoms with Crippen molar-refractivity contribution in [3.8, 4) is 0 Å². The summed E-state index contributed by atoms with van der Waals surface area (Å²) in [6.07, 6.45) is 5.19. The van der Waals surface area contributed by atoms with E-state index in [0.717, 1.165) is 30.3 Å². The van der Waals surface area contributed by atoms with Gasteiger partial charge in [-0.3, -0.25) is 4.79 Å². The van der Waals surface area contributed by atoms with Crippen molar-refractivity contribution in [3.05, 3.63) is 53.7 Å². The molecule has 1 amide bonds. The Morgan fingerprint density at radius 2 is 1.91 bits per heavy atom. The summed E-state index contributed by atoms with van der Waals surface area (Å²) < 4.78 is 1.91. The maximum absolute atomic E-state index is 12.1. The third-order valence-electron chi connectivity index (χ3n) is 3.48. The molecule has 118 valence electrons. The summed E-state index contributed by atoms with van der Waals surface area (Å²) in [5.41, 5.74) is 1.12. The van der Waals surface area contributed by atoms with Gasteiger partial charge in [0.1, 0.15) is 18.3 Å². The van der Waals surface area contributed by atoms with E-state index in [4.69, 9.17) is 11.6 Å². The number of aromatic nitrogens is 4. The molecule has 2 aromatic heterocycles. The normalized spacial score (nSPS) is 10.8. The number of amides is 1. The average molecular weight is 330 g/mol. The van der Waals surface area contributed by atoms with E-state index < -0.39 is 0 Å². The van der Waals surface area contributed by atoms with Crippen molar-refractivity contribution in [3.63, 3.8) is 0 Å². The van der Waals surface area contributed by atoms with Crippen LogP contribution in [-0.4, -0.2) is 32.2 Å². The van der Waals surface area contributed by atoms with E-state index in [9.17, 15) is 4.79 Å². The monoisotopic (exact) mass is 329 g/mol. The van der Waals surface area contributed by atoms with Gasteiger partial charge in [-0.1, -0.05) is 23.7 Å². The lowest BCUT2D eigenvalue weighted by Gasteiger charge is -2.06. The molecular weight excluding hydrogens is 314 g/mol. The van der Waals surface area contributed by atoms with Crippen molar-refractivity contribution in [2.75, 3.05) is 6.54 Å². The van der Waals surface area contributed by atoms with Crippen LogP contribution in [0.2, 0.25) is 5.02 Å². The van der Waals surface area contributed by atoms with E-state index in [1.54, 1.807) is 30.9 Å². The van der Waals surface area contributed by atoms with Gasteiger partial charge in [0.25, 0.3) is 5.91 Å². The van der Waals surface area contributed by atoms with Crippen molar-refractivity contribution in [2.24, 2.45) is 0 Å². The van der Waals surface area contributed by atoms with Gasteiger partial charge in [-0.15, -0.1) is 10.2 Å². The molecule has 23 heavy (non-hydrogen) atoms. The minimum atomic E-state index is -0.170. The maximum Gasteiger partial charge on any atom is 0.269 e. The second kappa shape index (κ2) is 7.19. The van der Waals surface area contributed by atoms with Crippen LogP contribution in [0.25, 0.3) is 10.9 Å². The first-order chi connectivity index (χ1) is 11.2. The Kier molecular flexibility index (Phi) is 4.83. The summed E-state index contributed by atoms with van der Waals surface area (Å²) in [5.74, 6) is -0.170. The number of nitrogens with zero attached hydrogens (tertiary/aromatic N) is 4. The van der Waals surface area contributed by atoms with Gasteiger partial charge < -0.3 is 9.88 Å². The number of carbonyl (C=O) groups excluding carboxylic acids is 1. The number of hydrogen-bond acceptors (Lipinski definition) is 4. The summed E-state index contributed by atoms with van der Waals surface area (Å²) in [6, 6.07) is 9.05. The van der Waals surface area contributed by atoms with Crippen molar-refractivity contribution in [2.45, 2.75) is 19.4 Å². The molecule has 0 saturated carbocycles. The first kappa shape index (κ1) is 15.4. The van der Waals surface area contributed by atoms with Gasteiger partial charge in [-0.2, -0.15) is 0 Å². The van der Waals surface area contributed by atoms with Crippen LogP contribution in [0.4, 0.5) is 0 Å². The van der Waals surface area contributed by atoms with E-state index in [1.807, 2.05) is 16.7 Å². The summed E-state index contributed by atoms with van der Waals surface area (Å²) in [4.78, 5) is 16.5. The van der Waals surface area contributed by atoms with Crippen molar-refractivity contribution in [1.82, 2.24) is 25.1 Å². The Morgan fingerprint density at radius 3 is 2.74 bits per heavy atom. The minimum absolute atomic E-state index is 0.170. The van der Waals surface area contributed by atoms with E-state index in [0.29, 0.717) is 17.3 Å². The fourth-order valence-electron chi connectivity index (χ4n) is 2.27. The predicted molar refractivity (Wildman–Crippen MR) is 88.3 cm³/mol. The van der Waals surface area contributed by atoms with Crippen molar-refractivity contribution < 1.29 is 4.79 Å². The minimum Gasteiger partial charge on any atom is -0.351 e. The molecule has 6 nitrogen and oxygen atoms in total. The predicted octanol–water partition coefficient (Wildman–Crippen LogP) is 2.69. The lowest BCUT2D eigenvalue weighted by atomic mass is 10.2. The molecular formula is C16H16ClN5O. The number of unbranched alkanes of at least 4 members (excludes halogenated alkanes) is 1. The standard InChI is InChI=1S/C16H16ClN5O/c17-13-5-3-12-4-6-14(21-15(12)9-13)16(23)18-7-1-2-8-22-10-19-20-11-22/h3-6,9-11H,1-2,7-8H2,(H,18,23). The molecule has 0 spiro atoms. The molecule has 0 aliphatic rings. The molecule has 0 atom stereocenters. The maximum atomic E-state index is 12.1. The van der Waals surface area contributed by atoms with Gasteiger partial charge >= 0.3 is 0 Å². The molecule has 0 aliphatic heterocycles. The van der Waals surface area contributed by atoms with Gasteiger partial charge in [0.15, 0.2) is 0 Å². The van der Waals surface area contributed by atoms with Gasteiger partial charge in [0.2, 0.25) is 0 Å². The summed E-state index contributed by atoms with van der Waals surface area (Å²) in [7, 11) is 0. The molecule has 0 unspecified atom stereocenters. The molecule has 1 aromatic carbocycles. The van der Waals surface area contributed by atoms with Crippen molar-refractivity contribution >= 4 is 28.4 Å². The van der Waals surface area contributed by atoms with E-state index >= 15 is 0 Å². The Labute approximate surface area is 138 Å². The molecule has 3 rings (SSSR count). The Hall–Kier alpha value is -2.47. The van der Waals surface area contributed by atoms with Crippen LogP contribution in [-0.2, 0) is 6.54 Å². The topological polar surface area (TPSA) is 72.7 Å². The lowest BCUT2D eigenvalue weighted by molar-refractivity contribution is 0.0948. The largest absolute Gasteiger partial charge is 0.351 e. The first-order valence-corrected chi connectivity index (χ1v) is 7.77. The molecule has 2 heterocycles. The van der Waals surface area contributed by atoms with Crippen LogP contribution < -0.4 is 5.32 Å². The van der Waals surface area contributed by atoms with E-state index in [2.05, 4.69) is 20.5 Å². The van der Waals surface area contributed by atoms with Crippen LogP contribution in [0.3, 0.4) is 0 Å². The average Bonchev–Trinajstić information content (AvgIpc) is 3.07. The third-order valence-corrected chi connectivity index (χ3v) is 3.72. The fourth-order valence-corrected chi connectivity index (χ4v) is 2.43. The summed E-state index contributed by atoms with van der Waals surface area (Å²) in [5, 5.41) is 11.9.